The fourth-order valence-electron chi connectivity index (χ4n) is 3.08. The molecule has 0 fully saturated rings. The predicted octanol–water partition coefficient (Wildman–Crippen LogP) is 4.87. The SMILES string of the molecule is Cc1[nH]c(-c2ccccc2NC(=S)NOCc2ccccc2)nc1-c1cccnc1. The van der Waals surface area contributed by atoms with Crippen molar-refractivity contribution in [1.82, 2.24) is 20.4 Å². The molecule has 6 nitrogen and oxygen atoms in total. The molecule has 4 aromatic rings. The second-order valence-electron chi connectivity index (χ2n) is 6.68. The molecule has 0 saturated carbocycles. The van der Waals surface area contributed by atoms with Crippen LogP contribution >= 0.6 is 12.2 Å². The molecule has 0 aliphatic carbocycles. The van der Waals surface area contributed by atoms with Gasteiger partial charge in [-0.1, -0.05) is 42.5 Å². The molecule has 150 valence electrons. The number of aromatic nitrogens is 3. The van der Waals surface area contributed by atoms with Gasteiger partial charge in [-0.2, -0.15) is 0 Å². The molecule has 0 aliphatic rings. The van der Waals surface area contributed by atoms with Crippen LogP contribution in [-0.4, -0.2) is 20.1 Å². The van der Waals surface area contributed by atoms with Gasteiger partial charge in [-0.05, 0) is 49.0 Å². The van der Waals surface area contributed by atoms with Gasteiger partial charge in [0.1, 0.15) is 5.82 Å². The maximum atomic E-state index is 5.50. The number of hydrogen-bond acceptors (Lipinski definition) is 4. The van der Waals surface area contributed by atoms with Crippen molar-refractivity contribution in [1.29, 1.82) is 0 Å². The van der Waals surface area contributed by atoms with Crippen molar-refractivity contribution in [3.05, 3.63) is 90.4 Å². The van der Waals surface area contributed by atoms with Gasteiger partial charge in [0.25, 0.3) is 0 Å². The van der Waals surface area contributed by atoms with E-state index in [-0.39, 0.29) is 0 Å². The highest BCUT2D eigenvalue weighted by molar-refractivity contribution is 7.80. The van der Waals surface area contributed by atoms with Crippen molar-refractivity contribution in [2.24, 2.45) is 0 Å². The number of imidazole rings is 1. The summed E-state index contributed by atoms with van der Waals surface area (Å²) in [7, 11) is 0. The molecule has 4 rings (SSSR count). The van der Waals surface area contributed by atoms with E-state index < -0.39 is 0 Å². The Labute approximate surface area is 180 Å². The van der Waals surface area contributed by atoms with Gasteiger partial charge in [-0.3, -0.25) is 9.82 Å². The average molecular weight is 416 g/mol. The summed E-state index contributed by atoms with van der Waals surface area (Å²) >= 11 is 5.38. The van der Waals surface area contributed by atoms with Crippen molar-refractivity contribution in [2.45, 2.75) is 13.5 Å². The van der Waals surface area contributed by atoms with Gasteiger partial charge in [-0.15, -0.1) is 0 Å². The minimum absolute atomic E-state index is 0.370. The topological polar surface area (TPSA) is 74.9 Å². The summed E-state index contributed by atoms with van der Waals surface area (Å²) in [6.45, 7) is 2.41. The van der Waals surface area contributed by atoms with Crippen LogP contribution in [0.1, 0.15) is 11.3 Å². The van der Waals surface area contributed by atoms with E-state index in [1.807, 2.05) is 73.7 Å². The summed E-state index contributed by atoms with van der Waals surface area (Å²) in [6, 6.07) is 21.6. The van der Waals surface area contributed by atoms with Gasteiger partial charge in [0.05, 0.1) is 18.0 Å². The Morgan fingerprint density at radius 3 is 2.63 bits per heavy atom. The lowest BCUT2D eigenvalue weighted by molar-refractivity contribution is 0.0728. The number of nitrogens with one attached hydrogen (secondary N) is 3. The molecule has 3 N–H and O–H groups in total. The zero-order valence-electron chi connectivity index (χ0n) is 16.4. The number of hydroxylamine groups is 1. The van der Waals surface area contributed by atoms with E-state index in [9.17, 15) is 0 Å². The first-order valence-electron chi connectivity index (χ1n) is 9.50. The number of pyridine rings is 1. The third-order valence-electron chi connectivity index (χ3n) is 4.50. The summed E-state index contributed by atoms with van der Waals surface area (Å²) in [5.74, 6) is 0.752. The third kappa shape index (κ3) is 4.71. The molecule has 0 aliphatic heterocycles. The molecule has 2 heterocycles. The molecule has 0 radical (unpaired) electrons. The van der Waals surface area contributed by atoms with Gasteiger partial charge in [-0.25, -0.2) is 10.5 Å². The lowest BCUT2D eigenvalue weighted by Crippen LogP contribution is -2.28. The number of nitrogens with zero attached hydrogens (tertiary/aromatic N) is 2. The van der Waals surface area contributed by atoms with E-state index in [2.05, 4.69) is 20.8 Å². The Balaban J connectivity index is 1.47. The zero-order chi connectivity index (χ0) is 20.8. The van der Waals surface area contributed by atoms with Crippen LogP contribution in [0.3, 0.4) is 0 Å². The highest BCUT2D eigenvalue weighted by Crippen LogP contribution is 2.29. The summed E-state index contributed by atoms with van der Waals surface area (Å²) in [5, 5.41) is 3.56. The number of thiocarbonyl (C=S) groups is 1. The van der Waals surface area contributed by atoms with Gasteiger partial charge in [0, 0.05) is 29.2 Å². The molecule has 30 heavy (non-hydrogen) atoms. The first kappa shape index (κ1) is 19.8. The van der Waals surface area contributed by atoms with Gasteiger partial charge in [0.15, 0.2) is 5.11 Å². The van der Waals surface area contributed by atoms with E-state index >= 15 is 0 Å². The molecule has 0 bridgehead atoms. The molecule has 0 unspecified atom stereocenters. The molecular formula is C23H21N5OS. The standard InChI is InChI=1S/C23H21N5OS/c1-16-21(18-10-7-13-24-14-18)27-22(25-16)19-11-5-6-12-20(19)26-23(30)28-29-15-17-8-3-2-4-9-17/h2-14H,15H2,1H3,(H,25,27)(H2,26,28,30). The molecule has 0 spiro atoms. The smallest absolute Gasteiger partial charge is 0.195 e. The number of aryl methyl sites for hydroxylation is 1. The number of anilines is 1. The maximum Gasteiger partial charge on any atom is 0.195 e. The number of aromatic amines is 1. The highest BCUT2D eigenvalue weighted by Gasteiger charge is 2.14. The Morgan fingerprint density at radius 1 is 1.03 bits per heavy atom. The van der Waals surface area contributed by atoms with Crippen molar-refractivity contribution in [3.63, 3.8) is 0 Å². The molecule has 0 amide bonds. The van der Waals surface area contributed by atoms with Crippen molar-refractivity contribution in [2.75, 3.05) is 5.32 Å². The molecule has 2 aromatic carbocycles. The largest absolute Gasteiger partial charge is 0.341 e. The van der Waals surface area contributed by atoms with E-state index in [1.54, 1.807) is 12.4 Å². The Morgan fingerprint density at radius 2 is 1.83 bits per heavy atom. The quantitative estimate of drug-likeness (QED) is 0.308. The van der Waals surface area contributed by atoms with E-state index in [1.165, 1.54) is 0 Å². The van der Waals surface area contributed by atoms with Crippen LogP contribution in [0.25, 0.3) is 22.6 Å². The first-order chi connectivity index (χ1) is 14.7. The fourth-order valence-corrected chi connectivity index (χ4v) is 3.25. The third-order valence-corrected chi connectivity index (χ3v) is 4.68. The number of H-pyrrole nitrogens is 1. The monoisotopic (exact) mass is 415 g/mol. The highest BCUT2D eigenvalue weighted by atomic mass is 32.1. The molecular weight excluding hydrogens is 394 g/mol. The normalized spacial score (nSPS) is 10.6. The van der Waals surface area contributed by atoms with Crippen molar-refractivity contribution in [3.8, 4) is 22.6 Å². The van der Waals surface area contributed by atoms with Crippen LogP contribution in [0.5, 0.6) is 0 Å². The summed E-state index contributed by atoms with van der Waals surface area (Å²) in [4.78, 5) is 17.8. The minimum atomic E-state index is 0.370. The molecule has 7 heteroatoms. The Bertz CT molecular complexity index is 1130. The number of rotatable bonds is 6. The van der Waals surface area contributed by atoms with Crippen LogP contribution < -0.4 is 10.8 Å². The van der Waals surface area contributed by atoms with Crippen LogP contribution in [0.15, 0.2) is 79.1 Å². The second-order valence-corrected chi connectivity index (χ2v) is 7.09. The number of benzene rings is 2. The second kappa shape index (κ2) is 9.30. The fraction of sp³-hybridized carbons (Fsp3) is 0.0870. The van der Waals surface area contributed by atoms with E-state index in [0.29, 0.717) is 11.7 Å². The first-order valence-corrected chi connectivity index (χ1v) is 9.90. The van der Waals surface area contributed by atoms with E-state index in [0.717, 1.165) is 39.6 Å². The minimum Gasteiger partial charge on any atom is -0.341 e. The predicted molar refractivity (Wildman–Crippen MR) is 123 cm³/mol. The van der Waals surface area contributed by atoms with Crippen molar-refractivity contribution < 1.29 is 4.84 Å². The van der Waals surface area contributed by atoms with Crippen LogP contribution in [0, 0.1) is 6.92 Å². The molecule has 0 saturated heterocycles. The maximum absolute atomic E-state index is 5.50. The summed E-state index contributed by atoms with van der Waals surface area (Å²) in [6.07, 6.45) is 3.56. The van der Waals surface area contributed by atoms with Gasteiger partial charge >= 0.3 is 0 Å². The van der Waals surface area contributed by atoms with Gasteiger partial charge < -0.3 is 10.3 Å². The van der Waals surface area contributed by atoms with Crippen LogP contribution in [0.2, 0.25) is 0 Å². The van der Waals surface area contributed by atoms with Crippen LogP contribution in [-0.2, 0) is 11.4 Å². The molecule has 0 atom stereocenters. The zero-order valence-corrected chi connectivity index (χ0v) is 17.2. The van der Waals surface area contributed by atoms with Crippen LogP contribution in [0.4, 0.5) is 5.69 Å². The Kier molecular flexibility index (Phi) is 6.12. The van der Waals surface area contributed by atoms with Crippen molar-refractivity contribution >= 4 is 23.0 Å². The number of hydrogen-bond donors (Lipinski definition) is 3. The summed E-state index contributed by atoms with van der Waals surface area (Å²) in [5.41, 5.74) is 8.38. The average Bonchev–Trinajstić information content (AvgIpc) is 3.17. The lowest BCUT2D eigenvalue weighted by atomic mass is 10.1. The lowest BCUT2D eigenvalue weighted by Gasteiger charge is -2.13. The Hall–Kier alpha value is -3.55. The van der Waals surface area contributed by atoms with Gasteiger partial charge in [0.2, 0.25) is 0 Å². The number of para-hydroxylation sites is 1. The summed E-state index contributed by atoms with van der Waals surface area (Å²) < 4.78 is 0. The van der Waals surface area contributed by atoms with E-state index in [4.69, 9.17) is 22.0 Å². The molecule has 2 aromatic heterocycles.